The number of amides is 1. The minimum atomic E-state index is -0.243. The van der Waals surface area contributed by atoms with Gasteiger partial charge in [-0.1, -0.05) is 19.1 Å². The summed E-state index contributed by atoms with van der Waals surface area (Å²) in [5, 5.41) is 0. The van der Waals surface area contributed by atoms with Gasteiger partial charge in [-0.2, -0.15) is 0 Å². The Morgan fingerprint density at radius 3 is 2.46 bits per heavy atom. The molecular formula is C20H24FNO2. The SMILES string of the molecule is CCCN(CCc1cccc(F)c1)C(=O)c1ccc(OCC)cc1. The zero-order chi connectivity index (χ0) is 17.4. The number of nitrogens with zero attached hydrogens (tertiary/aromatic N) is 1. The van der Waals surface area contributed by atoms with E-state index in [1.165, 1.54) is 12.1 Å². The molecule has 1 amide bonds. The highest BCUT2D eigenvalue weighted by Gasteiger charge is 2.15. The van der Waals surface area contributed by atoms with Crippen molar-refractivity contribution in [3.05, 3.63) is 65.5 Å². The highest BCUT2D eigenvalue weighted by molar-refractivity contribution is 5.94. The average molecular weight is 329 g/mol. The molecule has 0 saturated heterocycles. The minimum absolute atomic E-state index is 0.00342. The van der Waals surface area contributed by atoms with Crippen LogP contribution in [0.4, 0.5) is 4.39 Å². The van der Waals surface area contributed by atoms with Crippen LogP contribution in [0.2, 0.25) is 0 Å². The van der Waals surface area contributed by atoms with Gasteiger partial charge in [-0.15, -0.1) is 0 Å². The average Bonchev–Trinajstić information content (AvgIpc) is 2.59. The molecule has 0 radical (unpaired) electrons. The van der Waals surface area contributed by atoms with Crippen molar-refractivity contribution in [2.24, 2.45) is 0 Å². The number of halogens is 1. The van der Waals surface area contributed by atoms with E-state index in [1.807, 2.05) is 36.9 Å². The molecule has 0 fully saturated rings. The number of hydrogen-bond acceptors (Lipinski definition) is 2. The molecule has 0 heterocycles. The van der Waals surface area contributed by atoms with Gasteiger partial charge < -0.3 is 9.64 Å². The van der Waals surface area contributed by atoms with Crippen molar-refractivity contribution < 1.29 is 13.9 Å². The molecule has 0 aliphatic carbocycles. The standard InChI is InChI=1S/C20H24FNO2/c1-3-13-22(14-12-16-6-5-7-18(21)15-16)20(23)17-8-10-19(11-9-17)24-4-2/h5-11,15H,3-4,12-14H2,1-2H3. The van der Waals surface area contributed by atoms with Crippen LogP contribution in [0.15, 0.2) is 48.5 Å². The van der Waals surface area contributed by atoms with Gasteiger partial charge in [0, 0.05) is 18.7 Å². The summed E-state index contributed by atoms with van der Waals surface area (Å²) >= 11 is 0. The Morgan fingerprint density at radius 1 is 1.08 bits per heavy atom. The van der Waals surface area contributed by atoms with Crippen LogP contribution < -0.4 is 4.74 Å². The Hall–Kier alpha value is -2.36. The zero-order valence-electron chi connectivity index (χ0n) is 14.3. The Bertz CT molecular complexity index is 655. The Morgan fingerprint density at radius 2 is 1.83 bits per heavy atom. The highest BCUT2D eigenvalue weighted by Crippen LogP contribution is 2.15. The molecule has 0 aliphatic heterocycles. The molecule has 0 N–H and O–H groups in total. The van der Waals surface area contributed by atoms with Crippen molar-refractivity contribution in [3.63, 3.8) is 0 Å². The fourth-order valence-corrected chi connectivity index (χ4v) is 2.58. The topological polar surface area (TPSA) is 29.5 Å². The molecule has 128 valence electrons. The summed E-state index contributed by atoms with van der Waals surface area (Å²) in [6.07, 6.45) is 1.52. The van der Waals surface area contributed by atoms with Gasteiger partial charge in [0.05, 0.1) is 6.61 Å². The van der Waals surface area contributed by atoms with E-state index in [1.54, 1.807) is 18.2 Å². The lowest BCUT2D eigenvalue weighted by molar-refractivity contribution is 0.0757. The molecule has 0 spiro atoms. The first-order chi connectivity index (χ1) is 11.6. The van der Waals surface area contributed by atoms with Gasteiger partial charge in [0.15, 0.2) is 0 Å². The Kier molecular flexibility index (Phi) is 6.79. The van der Waals surface area contributed by atoms with E-state index < -0.39 is 0 Å². The van der Waals surface area contributed by atoms with Crippen molar-refractivity contribution in [1.82, 2.24) is 4.90 Å². The number of carbonyl (C=O) groups is 1. The smallest absolute Gasteiger partial charge is 0.253 e. The summed E-state index contributed by atoms with van der Waals surface area (Å²) in [5.41, 5.74) is 1.54. The molecule has 2 aromatic rings. The van der Waals surface area contributed by atoms with E-state index in [0.717, 1.165) is 17.7 Å². The molecule has 0 bridgehead atoms. The van der Waals surface area contributed by atoms with Gasteiger partial charge in [0.1, 0.15) is 11.6 Å². The maximum absolute atomic E-state index is 13.3. The predicted octanol–water partition coefficient (Wildman–Crippen LogP) is 4.32. The van der Waals surface area contributed by atoms with Crippen LogP contribution >= 0.6 is 0 Å². The van der Waals surface area contributed by atoms with E-state index in [2.05, 4.69) is 0 Å². The third-order valence-corrected chi connectivity index (χ3v) is 3.75. The van der Waals surface area contributed by atoms with Crippen molar-refractivity contribution in [3.8, 4) is 5.75 Å². The minimum Gasteiger partial charge on any atom is -0.494 e. The van der Waals surface area contributed by atoms with Gasteiger partial charge in [0.25, 0.3) is 5.91 Å². The van der Waals surface area contributed by atoms with Crippen molar-refractivity contribution in [2.75, 3.05) is 19.7 Å². The second-order valence-electron chi connectivity index (χ2n) is 5.63. The number of rotatable bonds is 8. The number of ether oxygens (including phenoxy) is 1. The van der Waals surface area contributed by atoms with E-state index in [9.17, 15) is 9.18 Å². The van der Waals surface area contributed by atoms with Crippen LogP contribution in [0.1, 0.15) is 36.2 Å². The van der Waals surface area contributed by atoms with Crippen LogP contribution in [0, 0.1) is 5.82 Å². The summed E-state index contributed by atoms with van der Waals surface area (Å²) < 4.78 is 18.7. The van der Waals surface area contributed by atoms with Gasteiger partial charge in [-0.25, -0.2) is 4.39 Å². The monoisotopic (exact) mass is 329 g/mol. The van der Waals surface area contributed by atoms with Crippen molar-refractivity contribution >= 4 is 5.91 Å². The van der Waals surface area contributed by atoms with Gasteiger partial charge in [0.2, 0.25) is 0 Å². The second kappa shape index (κ2) is 9.06. The normalized spacial score (nSPS) is 10.5. The third kappa shape index (κ3) is 5.08. The van der Waals surface area contributed by atoms with Crippen molar-refractivity contribution in [2.45, 2.75) is 26.7 Å². The summed E-state index contributed by atoms with van der Waals surface area (Å²) in [6.45, 7) is 5.82. The summed E-state index contributed by atoms with van der Waals surface area (Å²) in [4.78, 5) is 14.5. The van der Waals surface area contributed by atoms with Gasteiger partial charge in [-0.3, -0.25) is 4.79 Å². The van der Waals surface area contributed by atoms with E-state index in [0.29, 0.717) is 31.7 Å². The molecule has 4 heteroatoms. The molecule has 0 saturated carbocycles. The fraction of sp³-hybridized carbons (Fsp3) is 0.350. The number of carbonyl (C=O) groups excluding carboxylic acids is 1. The maximum Gasteiger partial charge on any atom is 0.253 e. The predicted molar refractivity (Wildman–Crippen MR) is 93.9 cm³/mol. The molecule has 0 unspecified atom stereocenters. The van der Waals surface area contributed by atoms with Crippen LogP contribution in [-0.4, -0.2) is 30.5 Å². The molecule has 0 aliphatic rings. The highest BCUT2D eigenvalue weighted by atomic mass is 19.1. The molecule has 2 rings (SSSR count). The quantitative estimate of drug-likeness (QED) is 0.722. The van der Waals surface area contributed by atoms with Crippen LogP contribution in [0.25, 0.3) is 0 Å². The zero-order valence-corrected chi connectivity index (χ0v) is 14.3. The maximum atomic E-state index is 13.3. The second-order valence-corrected chi connectivity index (χ2v) is 5.63. The van der Waals surface area contributed by atoms with E-state index >= 15 is 0 Å². The summed E-state index contributed by atoms with van der Waals surface area (Å²) in [6, 6.07) is 13.7. The molecule has 2 aromatic carbocycles. The number of benzene rings is 2. The first-order valence-electron chi connectivity index (χ1n) is 8.40. The lowest BCUT2D eigenvalue weighted by Gasteiger charge is -2.22. The fourth-order valence-electron chi connectivity index (χ4n) is 2.58. The molecule has 0 aromatic heterocycles. The lowest BCUT2D eigenvalue weighted by atomic mass is 10.1. The van der Waals surface area contributed by atoms with Crippen LogP contribution in [-0.2, 0) is 6.42 Å². The first kappa shape index (κ1) is 18.0. The third-order valence-electron chi connectivity index (χ3n) is 3.75. The molecule has 24 heavy (non-hydrogen) atoms. The lowest BCUT2D eigenvalue weighted by Crippen LogP contribution is -2.33. The van der Waals surface area contributed by atoms with E-state index in [4.69, 9.17) is 4.74 Å². The first-order valence-corrected chi connectivity index (χ1v) is 8.40. The molecule has 3 nitrogen and oxygen atoms in total. The summed E-state index contributed by atoms with van der Waals surface area (Å²) in [7, 11) is 0. The largest absolute Gasteiger partial charge is 0.494 e. The Balaban J connectivity index is 2.03. The van der Waals surface area contributed by atoms with E-state index in [-0.39, 0.29) is 11.7 Å². The van der Waals surface area contributed by atoms with Crippen LogP contribution in [0.3, 0.4) is 0 Å². The number of hydrogen-bond donors (Lipinski definition) is 0. The Labute approximate surface area is 143 Å². The van der Waals surface area contributed by atoms with Gasteiger partial charge in [-0.05, 0) is 61.7 Å². The van der Waals surface area contributed by atoms with Crippen LogP contribution in [0.5, 0.6) is 5.75 Å². The molecular weight excluding hydrogens is 305 g/mol. The summed E-state index contributed by atoms with van der Waals surface area (Å²) in [5.74, 6) is 0.513. The van der Waals surface area contributed by atoms with Gasteiger partial charge >= 0.3 is 0 Å². The van der Waals surface area contributed by atoms with Crippen molar-refractivity contribution in [1.29, 1.82) is 0 Å². The molecule has 0 atom stereocenters.